The van der Waals surface area contributed by atoms with E-state index in [-0.39, 0.29) is 20.9 Å². The molecule has 2 rings (SSSR count). The van der Waals surface area contributed by atoms with Gasteiger partial charge in [0.25, 0.3) is 0 Å². The van der Waals surface area contributed by atoms with Gasteiger partial charge in [0, 0.05) is 18.8 Å². The van der Waals surface area contributed by atoms with Crippen molar-refractivity contribution >= 4 is 58.4 Å². The SMILES string of the molecule is CCN(CC)c1ccc(/C=N\Nc2c(Cl)c(Cl)nc(C(=O)[O-])c2Cl)cc1. The van der Waals surface area contributed by atoms with Crippen molar-refractivity contribution in [2.45, 2.75) is 13.8 Å². The van der Waals surface area contributed by atoms with Crippen molar-refractivity contribution in [3.63, 3.8) is 0 Å². The molecule has 2 aromatic rings. The Hall–Kier alpha value is -2.02. The molecule has 0 aliphatic heterocycles. The van der Waals surface area contributed by atoms with Crippen molar-refractivity contribution in [2.24, 2.45) is 5.10 Å². The lowest BCUT2D eigenvalue weighted by atomic mass is 10.2. The van der Waals surface area contributed by atoms with Crippen LogP contribution in [0.3, 0.4) is 0 Å². The van der Waals surface area contributed by atoms with E-state index < -0.39 is 11.7 Å². The first-order valence-corrected chi connectivity index (χ1v) is 8.92. The van der Waals surface area contributed by atoms with E-state index in [2.05, 4.69) is 34.3 Å². The molecule has 0 fully saturated rings. The lowest BCUT2D eigenvalue weighted by Crippen LogP contribution is -2.24. The van der Waals surface area contributed by atoms with Crippen molar-refractivity contribution in [1.29, 1.82) is 0 Å². The highest BCUT2D eigenvalue weighted by molar-refractivity contribution is 6.46. The summed E-state index contributed by atoms with van der Waals surface area (Å²) in [5.41, 5.74) is 4.09. The first kappa shape index (κ1) is 20.3. The predicted octanol–water partition coefficient (Wildman–Crippen LogP) is 3.70. The third kappa shape index (κ3) is 4.58. The van der Waals surface area contributed by atoms with Gasteiger partial charge >= 0.3 is 0 Å². The molecule has 138 valence electrons. The number of halogens is 3. The van der Waals surface area contributed by atoms with Crippen LogP contribution in [0.25, 0.3) is 0 Å². The second-order valence-electron chi connectivity index (χ2n) is 5.18. The number of carbonyl (C=O) groups is 1. The van der Waals surface area contributed by atoms with Gasteiger partial charge in [-0.1, -0.05) is 46.9 Å². The van der Waals surface area contributed by atoms with Gasteiger partial charge in [-0.3, -0.25) is 5.43 Å². The molecule has 0 spiro atoms. The van der Waals surface area contributed by atoms with Crippen LogP contribution in [0.15, 0.2) is 29.4 Å². The summed E-state index contributed by atoms with van der Waals surface area (Å²) in [4.78, 5) is 16.8. The van der Waals surface area contributed by atoms with E-state index >= 15 is 0 Å². The molecule has 1 heterocycles. The molecule has 0 saturated carbocycles. The summed E-state index contributed by atoms with van der Waals surface area (Å²) in [6.07, 6.45) is 1.55. The minimum absolute atomic E-state index is 0.0318. The molecule has 1 aromatic heterocycles. The van der Waals surface area contributed by atoms with E-state index in [9.17, 15) is 9.90 Å². The van der Waals surface area contributed by atoms with Crippen LogP contribution in [0.4, 0.5) is 11.4 Å². The number of hydrazone groups is 1. The standard InChI is InChI=1S/C17H17Cl3N4O2/c1-3-24(4-2)11-7-5-10(6-8-11)9-21-23-14-12(18)15(17(25)26)22-16(20)13(14)19/h5-9H,3-4H2,1-2H3,(H,22,23)(H,25,26)/p-1/b21-9-. The lowest BCUT2D eigenvalue weighted by Gasteiger charge is -2.20. The maximum absolute atomic E-state index is 11.0. The minimum atomic E-state index is -1.56. The zero-order valence-electron chi connectivity index (χ0n) is 14.1. The number of benzene rings is 1. The minimum Gasteiger partial charge on any atom is -0.543 e. The van der Waals surface area contributed by atoms with Gasteiger partial charge in [0.1, 0.15) is 10.7 Å². The highest BCUT2D eigenvalue weighted by Crippen LogP contribution is 2.36. The number of carbonyl (C=O) groups excluding carboxylic acids is 1. The van der Waals surface area contributed by atoms with Crippen LogP contribution < -0.4 is 15.4 Å². The van der Waals surface area contributed by atoms with Crippen LogP contribution in [0.1, 0.15) is 29.9 Å². The Kier molecular flexibility index (Phi) is 7.08. The lowest BCUT2D eigenvalue weighted by molar-refractivity contribution is -0.255. The van der Waals surface area contributed by atoms with Gasteiger partial charge in [-0.05, 0) is 31.5 Å². The Morgan fingerprint density at radius 3 is 2.35 bits per heavy atom. The van der Waals surface area contributed by atoms with Crippen LogP contribution in [0, 0.1) is 0 Å². The van der Waals surface area contributed by atoms with E-state index in [1.807, 2.05) is 24.3 Å². The first-order valence-electron chi connectivity index (χ1n) is 7.78. The fourth-order valence-corrected chi connectivity index (χ4v) is 2.94. The zero-order chi connectivity index (χ0) is 19.3. The summed E-state index contributed by atoms with van der Waals surface area (Å²) in [5, 5.41) is 14.6. The van der Waals surface area contributed by atoms with Crippen LogP contribution in [0.2, 0.25) is 15.2 Å². The number of hydrogen-bond acceptors (Lipinski definition) is 6. The number of hydrogen-bond donors (Lipinski definition) is 1. The maximum atomic E-state index is 11.0. The third-order valence-corrected chi connectivity index (χ3v) is 4.75. The number of carboxylic acid groups (broad SMARTS) is 1. The van der Waals surface area contributed by atoms with Crippen molar-refractivity contribution in [3.05, 3.63) is 50.7 Å². The number of pyridine rings is 1. The molecule has 26 heavy (non-hydrogen) atoms. The fraction of sp³-hybridized carbons (Fsp3) is 0.235. The van der Waals surface area contributed by atoms with Gasteiger partial charge in [-0.15, -0.1) is 0 Å². The van der Waals surface area contributed by atoms with E-state index in [0.717, 1.165) is 24.3 Å². The van der Waals surface area contributed by atoms with Crippen molar-refractivity contribution in [3.8, 4) is 0 Å². The molecule has 1 N–H and O–H groups in total. The van der Waals surface area contributed by atoms with Crippen molar-refractivity contribution in [1.82, 2.24) is 4.98 Å². The Balaban J connectivity index is 2.20. The average Bonchev–Trinajstić information content (AvgIpc) is 2.63. The summed E-state index contributed by atoms with van der Waals surface area (Å²) < 4.78 is 0. The number of aromatic carboxylic acids is 1. The smallest absolute Gasteiger partial charge is 0.150 e. The molecule has 0 amide bonds. The summed E-state index contributed by atoms with van der Waals surface area (Å²) in [6.45, 7) is 6.03. The topological polar surface area (TPSA) is 80.6 Å². The first-order chi connectivity index (χ1) is 12.4. The molecular formula is C17H16Cl3N4O2-. The molecule has 9 heteroatoms. The number of aromatic nitrogens is 1. The Morgan fingerprint density at radius 2 is 1.81 bits per heavy atom. The van der Waals surface area contributed by atoms with E-state index in [4.69, 9.17) is 34.8 Å². The van der Waals surface area contributed by atoms with Gasteiger partial charge in [0.2, 0.25) is 0 Å². The second-order valence-corrected chi connectivity index (χ2v) is 6.29. The zero-order valence-corrected chi connectivity index (χ0v) is 16.4. The van der Waals surface area contributed by atoms with E-state index in [1.54, 1.807) is 6.21 Å². The molecule has 0 radical (unpaired) electrons. The fourth-order valence-electron chi connectivity index (χ4n) is 2.28. The Bertz CT molecular complexity index is 822. The molecule has 0 atom stereocenters. The number of rotatable bonds is 7. The summed E-state index contributed by atoms with van der Waals surface area (Å²) in [5.74, 6) is -1.56. The maximum Gasteiger partial charge on any atom is 0.150 e. The molecular weight excluding hydrogens is 399 g/mol. The van der Waals surface area contributed by atoms with Crippen molar-refractivity contribution in [2.75, 3.05) is 23.4 Å². The molecule has 0 bridgehead atoms. The monoisotopic (exact) mass is 413 g/mol. The predicted molar refractivity (Wildman–Crippen MR) is 105 cm³/mol. The summed E-state index contributed by atoms with van der Waals surface area (Å²) in [7, 11) is 0. The molecule has 1 aromatic carbocycles. The number of nitrogens with one attached hydrogen (secondary N) is 1. The number of nitrogens with zero attached hydrogens (tertiary/aromatic N) is 3. The molecule has 6 nitrogen and oxygen atoms in total. The van der Waals surface area contributed by atoms with Gasteiger partial charge in [-0.2, -0.15) is 5.10 Å². The summed E-state index contributed by atoms with van der Waals surface area (Å²) >= 11 is 17.8. The van der Waals surface area contributed by atoms with E-state index in [0.29, 0.717) is 0 Å². The Morgan fingerprint density at radius 1 is 1.19 bits per heavy atom. The van der Waals surface area contributed by atoms with Gasteiger partial charge in [0.15, 0.2) is 5.15 Å². The average molecular weight is 415 g/mol. The number of anilines is 2. The van der Waals surface area contributed by atoms with Crippen LogP contribution in [0.5, 0.6) is 0 Å². The third-order valence-electron chi connectivity index (χ3n) is 3.64. The quantitative estimate of drug-likeness (QED) is 0.424. The van der Waals surface area contributed by atoms with Crippen LogP contribution in [-0.4, -0.2) is 30.3 Å². The number of carboxylic acids is 1. The second kappa shape index (κ2) is 9.07. The van der Waals surface area contributed by atoms with E-state index in [1.165, 1.54) is 0 Å². The van der Waals surface area contributed by atoms with Crippen LogP contribution >= 0.6 is 34.8 Å². The highest BCUT2D eigenvalue weighted by Gasteiger charge is 2.16. The Labute approximate surface area is 166 Å². The molecule has 0 unspecified atom stereocenters. The van der Waals surface area contributed by atoms with Gasteiger partial charge in [0.05, 0.1) is 22.9 Å². The van der Waals surface area contributed by atoms with Gasteiger partial charge < -0.3 is 14.8 Å². The van der Waals surface area contributed by atoms with Crippen LogP contribution in [-0.2, 0) is 0 Å². The molecule has 0 aliphatic carbocycles. The highest BCUT2D eigenvalue weighted by atomic mass is 35.5. The molecule has 0 aliphatic rings. The largest absolute Gasteiger partial charge is 0.543 e. The summed E-state index contributed by atoms with van der Waals surface area (Å²) in [6, 6.07) is 7.81. The molecule has 0 saturated heterocycles. The van der Waals surface area contributed by atoms with Gasteiger partial charge in [-0.25, -0.2) is 4.98 Å². The normalized spacial score (nSPS) is 11.0. The van der Waals surface area contributed by atoms with Crippen molar-refractivity contribution < 1.29 is 9.90 Å².